The van der Waals surface area contributed by atoms with Crippen molar-refractivity contribution in [1.29, 1.82) is 0 Å². The first-order valence-electron chi connectivity index (χ1n) is 3.65. The van der Waals surface area contributed by atoms with Gasteiger partial charge in [0.25, 0.3) is 0 Å². The van der Waals surface area contributed by atoms with Crippen molar-refractivity contribution in [2.24, 2.45) is 12.8 Å². The molecule has 1 heterocycles. The van der Waals surface area contributed by atoms with Crippen LogP contribution in [0, 0.1) is 0 Å². The van der Waals surface area contributed by atoms with E-state index in [1.165, 1.54) is 0 Å². The molecule has 0 bridgehead atoms. The highest BCUT2D eigenvalue weighted by atomic mass is 16.2. The molecule has 0 radical (unpaired) electrons. The second-order valence-corrected chi connectivity index (χ2v) is 2.62. The summed E-state index contributed by atoms with van der Waals surface area (Å²) in [6, 6.07) is 1.21. The van der Waals surface area contributed by atoms with Gasteiger partial charge in [-0.3, -0.25) is 9.48 Å². The van der Waals surface area contributed by atoms with E-state index < -0.39 is 6.04 Å². The number of aryl methyl sites for hydroxylation is 1. The van der Waals surface area contributed by atoms with E-state index in [1.807, 2.05) is 0 Å². The Balaban J connectivity index is 2.64. The van der Waals surface area contributed by atoms with Gasteiger partial charge in [-0.05, 0) is 6.92 Å². The minimum Gasteiger partial charge on any atom is -0.320 e. The van der Waals surface area contributed by atoms with Gasteiger partial charge in [0.2, 0.25) is 5.91 Å². The lowest BCUT2D eigenvalue weighted by molar-refractivity contribution is -0.117. The van der Waals surface area contributed by atoms with E-state index in [4.69, 9.17) is 5.73 Å². The largest absolute Gasteiger partial charge is 0.320 e. The Hall–Kier alpha value is -1.36. The maximum absolute atomic E-state index is 11.1. The lowest BCUT2D eigenvalue weighted by Gasteiger charge is -2.06. The number of hydrogen-bond acceptors (Lipinski definition) is 3. The molecule has 1 aromatic rings. The SMILES string of the molecule is C[C@H](N)C(=O)Nc1ccnn1C. The molecule has 0 aliphatic rings. The Morgan fingerprint density at radius 1 is 1.83 bits per heavy atom. The van der Waals surface area contributed by atoms with E-state index in [1.54, 1.807) is 30.9 Å². The van der Waals surface area contributed by atoms with Gasteiger partial charge in [0.05, 0.1) is 12.2 Å². The van der Waals surface area contributed by atoms with Gasteiger partial charge in [-0.25, -0.2) is 0 Å². The number of nitrogens with two attached hydrogens (primary N) is 1. The zero-order valence-electron chi connectivity index (χ0n) is 7.11. The first kappa shape index (κ1) is 8.73. The Kier molecular flexibility index (Phi) is 2.44. The molecule has 0 saturated heterocycles. The van der Waals surface area contributed by atoms with Crippen LogP contribution >= 0.6 is 0 Å². The van der Waals surface area contributed by atoms with Crippen molar-refractivity contribution in [2.45, 2.75) is 13.0 Å². The molecule has 12 heavy (non-hydrogen) atoms. The molecule has 1 aromatic heterocycles. The number of nitrogens with one attached hydrogen (secondary N) is 1. The number of rotatable bonds is 2. The summed E-state index contributed by atoms with van der Waals surface area (Å²) in [5.41, 5.74) is 5.36. The van der Waals surface area contributed by atoms with Gasteiger partial charge in [0, 0.05) is 13.1 Å². The first-order chi connectivity index (χ1) is 5.61. The molecule has 0 unspecified atom stereocenters. The van der Waals surface area contributed by atoms with Crippen molar-refractivity contribution in [1.82, 2.24) is 9.78 Å². The number of anilines is 1. The van der Waals surface area contributed by atoms with Crippen molar-refractivity contribution >= 4 is 11.7 Å². The fourth-order valence-corrected chi connectivity index (χ4v) is 0.737. The lowest BCUT2D eigenvalue weighted by Crippen LogP contribution is -2.33. The summed E-state index contributed by atoms with van der Waals surface area (Å²) in [5, 5.41) is 6.52. The summed E-state index contributed by atoms with van der Waals surface area (Å²) in [6.07, 6.45) is 1.61. The Morgan fingerprint density at radius 3 is 2.92 bits per heavy atom. The van der Waals surface area contributed by atoms with E-state index in [0.717, 1.165) is 0 Å². The topological polar surface area (TPSA) is 72.9 Å². The van der Waals surface area contributed by atoms with Crippen LogP contribution in [-0.4, -0.2) is 21.7 Å². The van der Waals surface area contributed by atoms with E-state index in [-0.39, 0.29) is 5.91 Å². The molecule has 0 fully saturated rings. The average molecular weight is 168 g/mol. The highest BCUT2D eigenvalue weighted by Gasteiger charge is 2.08. The van der Waals surface area contributed by atoms with Crippen molar-refractivity contribution in [2.75, 3.05) is 5.32 Å². The van der Waals surface area contributed by atoms with E-state index in [2.05, 4.69) is 10.4 Å². The molecule has 5 heteroatoms. The molecule has 1 rings (SSSR count). The predicted octanol–water partition coefficient (Wildman–Crippen LogP) is -0.294. The number of carbonyl (C=O) groups is 1. The molecule has 0 aliphatic carbocycles. The maximum Gasteiger partial charge on any atom is 0.242 e. The van der Waals surface area contributed by atoms with Crippen molar-refractivity contribution in [3.63, 3.8) is 0 Å². The van der Waals surface area contributed by atoms with Crippen LogP contribution in [0.25, 0.3) is 0 Å². The highest BCUT2D eigenvalue weighted by Crippen LogP contribution is 2.02. The number of carbonyl (C=O) groups excluding carboxylic acids is 1. The second kappa shape index (κ2) is 3.36. The van der Waals surface area contributed by atoms with Crippen LogP contribution in [0.15, 0.2) is 12.3 Å². The first-order valence-corrected chi connectivity index (χ1v) is 3.65. The third kappa shape index (κ3) is 1.82. The zero-order valence-corrected chi connectivity index (χ0v) is 7.11. The number of amides is 1. The molecule has 3 N–H and O–H groups in total. The number of nitrogens with zero attached hydrogens (tertiary/aromatic N) is 2. The summed E-state index contributed by atoms with van der Waals surface area (Å²) in [5.74, 6) is 0.441. The molecule has 0 aromatic carbocycles. The van der Waals surface area contributed by atoms with Gasteiger partial charge >= 0.3 is 0 Å². The van der Waals surface area contributed by atoms with Crippen LogP contribution in [0.5, 0.6) is 0 Å². The number of aromatic nitrogens is 2. The zero-order chi connectivity index (χ0) is 9.14. The Bertz CT molecular complexity index is 279. The third-order valence-corrected chi connectivity index (χ3v) is 1.49. The monoisotopic (exact) mass is 168 g/mol. The van der Waals surface area contributed by atoms with Crippen molar-refractivity contribution in [3.8, 4) is 0 Å². The van der Waals surface area contributed by atoms with Crippen LogP contribution in [-0.2, 0) is 11.8 Å². The van der Waals surface area contributed by atoms with E-state index in [9.17, 15) is 4.79 Å². The summed E-state index contributed by atoms with van der Waals surface area (Å²) in [6.45, 7) is 1.63. The summed E-state index contributed by atoms with van der Waals surface area (Å²) < 4.78 is 1.57. The normalized spacial score (nSPS) is 12.6. The standard InChI is InChI=1S/C7H12N4O/c1-5(8)7(12)10-6-3-4-9-11(6)2/h3-5H,8H2,1-2H3,(H,10,12)/t5-/m0/s1. The van der Waals surface area contributed by atoms with Crippen LogP contribution < -0.4 is 11.1 Å². The maximum atomic E-state index is 11.1. The molecule has 0 spiro atoms. The summed E-state index contributed by atoms with van der Waals surface area (Å²) >= 11 is 0. The van der Waals surface area contributed by atoms with Crippen LogP contribution in [0.1, 0.15) is 6.92 Å². The average Bonchev–Trinajstić information content (AvgIpc) is 2.36. The molecule has 0 aliphatic heterocycles. The Morgan fingerprint density at radius 2 is 2.50 bits per heavy atom. The van der Waals surface area contributed by atoms with Gasteiger partial charge in [0.1, 0.15) is 5.82 Å². The van der Waals surface area contributed by atoms with Crippen LogP contribution in [0.3, 0.4) is 0 Å². The summed E-state index contributed by atoms with van der Waals surface area (Å²) in [4.78, 5) is 11.1. The quantitative estimate of drug-likeness (QED) is 0.637. The molecule has 5 nitrogen and oxygen atoms in total. The fourth-order valence-electron chi connectivity index (χ4n) is 0.737. The second-order valence-electron chi connectivity index (χ2n) is 2.62. The molecule has 1 atom stereocenters. The van der Waals surface area contributed by atoms with E-state index >= 15 is 0 Å². The fraction of sp³-hybridized carbons (Fsp3) is 0.429. The smallest absolute Gasteiger partial charge is 0.242 e. The molecule has 66 valence electrons. The number of hydrogen-bond donors (Lipinski definition) is 2. The van der Waals surface area contributed by atoms with Gasteiger partial charge in [-0.1, -0.05) is 0 Å². The van der Waals surface area contributed by atoms with E-state index in [0.29, 0.717) is 5.82 Å². The molecular formula is C7H12N4O. The highest BCUT2D eigenvalue weighted by molar-refractivity contribution is 5.93. The third-order valence-electron chi connectivity index (χ3n) is 1.49. The lowest BCUT2D eigenvalue weighted by atomic mass is 10.3. The molecule has 1 amide bonds. The van der Waals surface area contributed by atoms with Crippen molar-refractivity contribution in [3.05, 3.63) is 12.3 Å². The summed E-state index contributed by atoms with van der Waals surface area (Å²) in [7, 11) is 1.75. The van der Waals surface area contributed by atoms with Gasteiger partial charge in [-0.2, -0.15) is 5.10 Å². The minimum atomic E-state index is -0.500. The minimum absolute atomic E-state index is 0.210. The van der Waals surface area contributed by atoms with Gasteiger partial charge < -0.3 is 11.1 Å². The van der Waals surface area contributed by atoms with Crippen molar-refractivity contribution < 1.29 is 4.79 Å². The predicted molar refractivity (Wildman–Crippen MR) is 45.5 cm³/mol. The molecular weight excluding hydrogens is 156 g/mol. The van der Waals surface area contributed by atoms with Gasteiger partial charge in [0.15, 0.2) is 0 Å². The molecule has 0 saturated carbocycles. The van der Waals surface area contributed by atoms with Crippen LogP contribution in [0.2, 0.25) is 0 Å². The van der Waals surface area contributed by atoms with Gasteiger partial charge in [-0.15, -0.1) is 0 Å². The van der Waals surface area contributed by atoms with Crippen LogP contribution in [0.4, 0.5) is 5.82 Å². The Labute approximate surface area is 70.5 Å².